The lowest BCUT2D eigenvalue weighted by Gasteiger charge is -2.30. The van der Waals surface area contributed by atoms with Gasteiger partial charge in [0.2, 0.25) is 11.8 Å². The largest absolute Gasteiger partial charge is 0.453 e. The van der Waals surface area contributed by atoms with E-state index in [1.54, 1.807) is 11.9 Å². The molecular formula is C16H31N3O4. The monoisotopic (exact) mass is 329 g/mol. The first-order chi connectivity index (χ1) is 11.0. The molecule has 1 rings (SSSR count). The van der Waals surface area contributed by atoms with Crippen molar-refractivity contribution < 1.29 is 19.1 Å². The Morgan fingerprint density at radius 3 is 2.39 bits per heavy atom. The fraction of sp³-hybridized carbons (Fsp3) is 0.812. The van der Waals surface area contributed by atoms with Gasteiger partial charge in [-0.2, -0.15) is 0 Å². The summed E-state index contributed by atoms with van der Waals surface area (Å²) in [6.07, 6.45) is 1.54. The number of nitrogens with one attached hydrogen (secondary N) is 2. The third-order valence-electron chi connectivity index (χ3n) is 4.02. The van der Waals surface area contributed by atoms with Gasteiger partial charge in [-0.05, 0) is 18.8 Å². The SMILES string of the molecule is CC.CCC(C)C(NC(=O)OC)C(=O)N1CCCC1C(=O)NC. The minimum atomic E-state index is -0.673. The number of carbonyl (C=O) groups excluding carboxylic acids is 3. The van der Waals surface area contributed by atoms with Gasteiger partial charge >= 0.3 is 6.09 Å². The zero-order chi connectivity index (χ0) is 18.0. The van der Waals surface area contributed by atoms with Crippen LogP contribution in [0.4, 0.5) is 4.79 Å². The summed E-state index contributed by atoms with van der Waals surface area (Å²) >= 11 is 0. The smallest absolute Gasteiger partial charge is 0.407 e. The number of methoxy groups -OCH3 is 1. The molecule has 1 fully saturated rings. The van der Waals surface area contributed by atoms with Gasteiger partial charge in [0.25, 0.3) is 0 Å². The lowest BCUT2D eigenvalue weighted by Crippen LogP contribution is -2.55. The molecule has 3 amide bonds. The zero-order valence-electron chi connectivity index (χ0n) is 15.1. The molecule has 0 bridgehead atoms. The lowest BCUT2D eigenvalue weighted by molar-refractivity contribution is -0.140. The van der Waals surface area contributed by atoms with Crippen LogP contribution >= 0.6 is 0 Å². The molecule has 0 radical (unpaired) electrons. The van der Waals surface area contributed by atoms with Gasteiger partial charge < -0.3 is 20.3 Å². The highest BCUT2D eigenvalue weighted by Gasteiger charge is 2.38. The summed E-state index contributed by atoms with van der Waals surface area (Å²) in [5.74, 6) is -0.426. The second-order valence-corrected chi connectivity index (χ2v) is 5.30. The number of carbonyl (C=O) groups is 3. The summed E-state index contributed by atoms with van der Waals surface area (Å²) in [7, 11) is 2.82. The lowest BCUT2D eigenvalue weighted by atomic mass is 9.97. The molecule has 1 saturated heterocycles. The van der Waals surface area contributed by atoms with E-state index in [2.05, 4.69) is 15.4 Å². The fourth-order valence-electron chi connectivity index (χ4n) is 2.52. The van der Waals surface area contributed by atoms with Crippen molar-refractivity contribution in [2.24, 2.45) is 5.92 Å². The number of rotatable bonds is 5. The minimum absolute atomic E-state index is 0.0393. The third kappa shape index (κ3) is 5.73. The predicted octanol–water partition coefficient (Wildman–Crippen LogP) is 1.52. The Morgan fingerprint density at radius 2 is 1.91 bits per heavy atom. The standard InChI is InChI=1S/C14H25N3O4.C2H6/c1-5-9(2)11(16-14(20)21-4)13(19)17-8-6-7-10(17)12(18)15-3;1-2/h9-11H,5-8H2,1-4H3,(H,15,18)(H,16,20);1-2H3. The van der Waals surface area contributed by atoms with Crippen LogP contribution in [0.5, 0.6) is 0 Å². The Hall–Kier alpha value is -1.79. The maximum atomic E-state index is 12.7. The number of nitrogens with zero attached hydrogens (tertiary/aromatic N) is 1. The van der Waals surface area contributed by atoms with Crippen molar-refractivity contribution in [1.29, 1.82) is 0 Å². The van der Waals surface area contributed by atoms with Gasteiger partial charge in [-0.1, -0.05) is 34.1 Å². The maximum absolute atomic E-state index is 12.7. The van der Waals surface area contributed by atoms with Crippen molar-refractivity contribution >= 4 is 17.9 Å². The molecule has 3 unspecified atom stereocenters. The molecule has 2 N–H and O–H groups in total. The normalized spacial score (nSPS) is 19.0. The number of hydrogen-bond acceptors (Lipinski definition) is 4. The van der Waals surface area contributed by atoms with Gasteiger partial charge in [0.15, 0.2) is 0 Å². The highest BCUT2D eigenvalue weighted by Crippen LogP contribution is 2.21. The molecule has 23 heavy (non-hydrogen) atoms. The molecule has 0 aromatic heterocycles. The van der Waals surface area contributed by atoms with Crippen molar-refractivity contribution in [3.8, 4) is 0 Å². The number of alkyl carbamates (subject to hydrolysis) is 1. The summed E-state index contributed by atoms with van der Waals surface area (Å²) in [5.41, 5.74) is 0. The highest BCUT2D eigenvalue weighted by molar-refractivity contribution is 5.91. The van der Waals surface area contributed by atoms with Crippen LogP contribution in [0.15, 0.2) is 0 Å². The number of amides is 3. The van der Waals surface area contributed by atoms with E-state index in [-0.39, 0.29) is 17.7 Å². The Labute approximate surface area is 139 Å². The van der Waals surface area contributed by atoms with Gasteiger partial charge in [0, 0.05) is 13.6 Å². The molecule has 0 saturated carbocycles. The number of ether oxygens (including phenoxy) is 1. The second kappa shape index (κ2) is 10.9. The summed E-state index contributed by atoms with van der Waals surface area (Å²) in [6, 6.07) is -1.12. The average Bonchev–Trinajstić information content (AvgIpc) is 3.08. The number of likely N-dealkylation sites (N-methyl/N-ethyl adjacent to an activating group) is 1. The first-order valence-electron chi connectivity index (χ1n) is 8.32. The Bertz CT molecular complexity index is 401. The molecule has 0 aromatic carbocycles. The van der Waals surface area contributed by atoms with Gasteiger partial charge in [-0.3, -0.25) is 9.59 Å². The van der Waals surface area contributed by atoms with Crippen LogP contribution in [-0.2, 0) is 14.3 Å². The van der Waals surface area contributed by atoms with E-state index in [1.165, 1.54) is 7.11 Å². The Morgan fingerprint density at radius 1 is 1.30 bits per heavy atom. The molecule has 1 heterocycles. The van der Waals surface area contributed by atoms with Crippen LogP contribution in [0.2, 0.25) is 0 Å². The van der Waals surface area contributed by atoms with Crippen LogP contribution in [0.25, 0.3) is 0 Å². The summed E-state index contributed by atoms with van der Waals surface area (Å²) < 4.78 is 4.58. The molecule has 0 aliphatic carbocycles. The number of hydrogen-bond donors (Lipinski definition) is 2. The topological polar surface area (TPSA) is 87.7 Å². The van der Waals surface area contributed by atoms with E-state index in [1.807, 2.05) is 27.7 Å². The molecule has 7 nitrogen and oxygen atoms in total. The van der Waals surface area contributed by atoms with E-state index in [0.717, 1.165) is 12.8 Å². The predicted molar refractivity (Wildman–Crippen MR) is 88.9 cm³/mol. The Kier molecular flexibility index (Phi) is 10.0. The summed E-state index contributed by atoms with van der Waals surface area (Å²) in [4.78, 5) is 37.6. The first-order valence-corrected chi connectivity index (χ1v) is 8.32. The first kappa shape index (κ1) is 21.2. The van der Waals surface area contributed by atoms with E-state index in [4.69, 9.17) is 0 Å². The van der Waals surface area contributed by atoms with Crippen LogP contribution in [0, 0.1) is 5.92 Å². The van der Waals surface area contributed by atoms with Gasteiger partial charge in [0.1, 0.15) is 12.1 Å². The average molecular weight is 329 g/mol. The molecule has 7 heteroatoms. The highest BCUT2D eigenvalue weighted by atomic mass is 16.5. The van der Waals surface area contributed by atoms with Crippen molar-refractivity contribution in [2.75, 3.05) is 20.7 Å². The van der Waals surface area contributed by atoms with Crippen molar-refractivity contribution in [2.45, 2.75) is 59.0 Å². The van der Waals surface area contributed by atoms with Crippen molar-refractivity contribution in [3.63, 3.8) is 0 Å². The van der Waals surface area contributed by atoms with Crippen molar-refractivity contribution in [1.82, 2.24) is 15.5 Å². The Balaban J connectivity index is 0.00000232. The molecule has 1 aliphatic rings. The van der Waals surface area contributed by atoms with Gasteiger partial charge in [-0.25, -0.2) is 4.79 Å². The van der Waals surface area contributed by atoms with Crippen LogP contribution in [0.1, 0.15) is 47.0 Å². The van der Waals surface area contributed by atoms with E-state index >= 15 is 0 Å². The van der Waals surface area contributed by atoms with E-state index in [9.17, 15) is 14.4 Å². The zero-order valence-corrected chi connectivity index (χ0v) is 15.1. The third-order valence-corrected chi connectivity index (χ3v) is 4.02. The quantitative estimate of drug-likeness (QED) is 0.800. The minimum Gasteiger partial charge on any atom is -0.453 e. The molecule has 134 valence electrons. The van der Waals surface area contributed by atoms with E-state index in [0.29, 0.717) is 13.0 Å². The molecular weight excluding hydrogens is 298 g/mol. The summed E-state index contributed by atoms with van der Waals surface area (Å²) in [5, 5.41) is 5.17. The maximum Gasteiger partial charge on any atom is 0.407 e. The molecule has 1 aliphatic heterocycles. The molecule has 0 spiro atoms. The van der Waals surface area contributed by atoms with E-state index < -0.39 is 18.2 Å². The van der Waals surface area contributed by atoms with Crippen LogP contribution in [0.3, 0.4) is 0 Å². The van der Waals surface area contributed by atoms with Crippen molar-refractivity contribution in [3.05, 3.63) is 0 Å². The van der Waals surface area contributed by atoms with Crippen LogP contribution < -0.4 is 10.6 Å². The number of likely N-dealkylation sites (tertiary alicyclic amines) is 1. The van der Waals surface area contributed by atoms with Gasteiger partial charge in [-0.15, -0.1) is 0 Å². The van der Waals surface area contributed by atoms with Gasteiger partial charge in [0.05, 0.1) is 7.11 Å². The molecule has 3 atom stereocenters. The molecule has 0 aromatic rings. The fourth-order valence-corrected chi connectivity index (χ4v) is 2.52. The van der Waals surface area contributed by atoms with Crippen LogP contribution in [-0.4, -0.2) is 55.6 Å². The summed E-state index contributed by atoms with van der Waals surface area (Å²) in [6.45, 7) is 8.38. The second-order valence-electron chi connectivity index (χ2n) is 5.30.